The van der Waals surface area contributed by atoms with Crippen LogP contribution in [0.25, 0.3) is 0 Å². The fraction of sp³-hybridized carbons (Fsp3) is 0.429. The monoisotopic (exact) mass is 277 g/mol. The van der Waals surface area contributed by atoms with Crippen molar-refractivity contribution in [2.24, 2.45) is 5.73 Å². The van der Waals surface area contributed by atoms with Crippen LogP contribution in [-0.2, 0) is 4.79 Å². The molecule has 20 heavy (non-hydrogen) atoms. The van der Waals surface area contributed by atoms with E-state index in [4.69, 9.17) is 10.8 Å². The normalized spacial score (nSPS) is 16.9. The molecule has 6 nitrogen and oxygen atoms in total. The highest BCUT2D eigenvalue weighted by Crippen LogP contribution is 2.28. The molecule has 1 aliphatic heterocycles. The van der Waals surface area contributed by atoms with Gasteiger partial charge >= 0.3 is 12.0 Å². The van der Waals surface area contributed by atoms with E-state index in [0.717, 1.165) is 0 Å². The first-order valence-electron chi connectivity index (χ1n) is 6.59. The summed E-state index contributed by atoms with van der Waals surface area (Å²) in [6.45, 7) is 5.08. The van der Waals surface area contributed by atoms with Crippen molar-refractivity contribution >= 4 is 17.7 Å². The minimum Gasteiger partial charge on any atom is -0.480 e. The quantitative estimate of drug-likeness (QED) is 0.871. The lowest BCUT2D eigenvalue weighted by atomic mass is 10.0. The summed E-state index contributed by atoms with van der Waals surface area (Å²) < 4.78 is 0. The third kappa shape index (κ3) is 2.46. The van der Waals surface area contributed by atoms with Crippen LogP contribution in [0.15, 0.2) is 24.3 Å². The summed E-state index contributed by atoms with van der Waals surface area (Å²) >= 11 is 0. The van der Waals surface area contributed by atoms with Crippen LogP contribution in [0.1, 0.15) is 25.5 Å². The summed E-state index contributed by atoms with van der Waals surface area (Å²) in [7, 11) is 0. The summed E-state index contributed by atoms with van der Waals surface area (Å²) in [5, 5.41) is 9.07. The van der Waals surface area contributed by atoms with Crippen molar-refractivity contribution < 1.29 is 14.7 Å². The van der Waals surface area contributed by atoms with Gasteiger partial charge in [-0.25, -0.2) is 4.79 Å². The predicted octanol–water partition coefficient (Wildman–Crippen LogP) is 1.42. The third-order valence-electron chi connectivity index (χ3n) is 3.49. The Hall–Kier alpha value is -2.08. The van der Waals surface area contributed by atoms with Crippen molar-refractivity contribution in [3.63, 3.8) is 0 Å². The summed E-state index contributed by atoms with van der Waals surface area (Å²) in [5.74, 6) is -1.11. The van der Waals surface area contributed by atoms with Crippen molar-refractivity contribution in [1.29, 1.82) is 0 Å². The molecule has 0 bridgehead atoms. The summed E-state index contributed by atoms with van der Waals surface area (Å²) in [4.78, 5) is 26.8. The van der Waals surface area contributed by atoms with Crippen molar-refractivity contribution in [3.05, 3.63) is 29.8 Å². The number of nitrogens with zero attached hydrogens (tertiary/aromatic N) is 2. The standard InChI is InChI=1S/C14H19N3O3/c1-9(2)16-7-8-17(14(16)20)11-6-4-3-5-10(11)12(15)13(18)19/h3-6,9,12H,7-8,15H2,1-2H3,(H,18,19). The molecule has 1 heterocycles. The van der Waals surface area contributed by atoms with E-state index in [1.165, 1.54) is 0 Å². The number of urea groups is 1. The number of para-hydroxylation sites is 1. The smallest absolute Gasteiger partial charge is 0.325 e. The van der Waals surface area contributed by atoms with Crippen LogP contribution in [-0.4, -0.2) is 41.1 Å². The van der Waals surface area contributed by atoms with Crippen molar-refractivity contribution in [2.75, 3.05) is 18.0 Å². The minimum absolute atomic E-state index is 0.106. The van der Waals surface area contributed by atoms with Crippen LogP contribution in [0.5, 0.6) is 0 Å². The highest BCUT2D eigenvalue weighted by Gasteiger charge is 2.33. The number of carboxylic acids is 1. The third-order valence-corrected chi connectivity index (χ3v) is 3.49. The van der Waals surface area contributed by atoms with E-state index >= 15 is 0 Å². The topological polar surface area (TPSA) is 86.9 Å². The number of rotatable bonds is 4. The van der Waals surface area contributed by atoms with Crippen LogP contribution in [0.3, 0.4) is 0 Å². The van der Waals surface area contributed by atoms with Gasteiger partial charge in [-0.15, -0.1) is 0 Å². The Morgan fingerprint density at radius 2 is 1.95 bits per heavy atom. The number of carboxylic acid groups (broad SMARTS) is 1. The number of carbonyl (C=O) groups is 2. The van der Waals surface area contributed by atoms with E-state index in [9.17, 15) is 9.59 Å². The van der Waals surface area contributed by atoms with Gasteiger partial charge in [-0.3, -0.25) is 9.69 Å². The van der Waals surface area contributed by atoms with Gasteiger partial charge in [0.25, 0.3) is 0 Å². The second-order valence-corrected chi connectivity index (χ2v) is 5.10. The number of aliphatic carboxylic acids is 1. The van der Waals surface area contributed by atoms with Gasteiger partial charge < -0.3 is 15.7 Å². The molecule has 1 unspecified atom stereocenters. The maximum Gasteiger partial charge on any atom is 0.325 e. The maximum absolute atomic E-state index is 12.4. The van der Waals surface area contributed by atoms with Gasteiger partial charge in [0.05, 0.1) is 5.69 Å². The first kappa shape index (κ1) is 14.3. The second kappa shape index (κ2) is 5.50. The number of anilines is 1. The molecule has 1 aliphatic rings. The fourth-order valence-electron chi connectivity index (χ4n) is 2.39. The average molecular weight is 277 g/mol. The lowest BCUT2D eigenvalue weighted by molar-refractivity contribution is -0.138. The molecule has 0 radical (unpaired) electrons. The Kier molecular flexibility index (Phi) is 3.94. The number of hydrogen-bond donors (Lipinski definition) is 2. The fourth-order valence-corrected chi connectivity index (χ4v) is 2.39. The summed E-state index contributed by atoms with van der Waals surface area (Å²) in [5.41, 5.74) is 6.73. The molecule has 6 heteroatoms. The zero-order chi connectivity index (χ0) is 14.9. The minimum atomic E-state index is -1.13. The van der Waals surface area contributed by atoms with Crippen LogP contribution in [0, 0.1) is 0 Å². The molecule has 0 spiro atoms. The van der Waals surface area contributed by atoms with E-state index in [1.807, 2.05) is 13.8 Å². The van der Waals surface area contributed by atoms with E-state index in [2.05, 4.69) is 0 Å². The molecule has 2 amide bonds. The average Bonchev–Trinajstić information content (AvgIpc) is 2.79. The zero-order valence-electron chi connectivity index (χ0n) is 11.6. The Bertz CT molecular complexity index is 530. The highest BCUT2D eigenvalue weighted by atomic mass is 16.4. The van der Waals surface area contributed by atoms with Gasteiger partial charge in [0.15, 0.2) is 0 Å². The lowest BCUT2D eigenvalue weighted by Gasteiger charge is -2.24. The van der Waals surface area contributed by atoms with Crippen LogP contribution >= 0.6 is 0 Å². The van der Waals surface area contributed by atoms with Gasteiger partial charge in [0, 0.05) is 24.7 Å². The van der Waals surface area contributed by atoms with Gasteiger partial charge in [0.2, 0.25) is 0 Å². The van der Waals surface area contributed by atoms with E-state index < -0.39 is 12.0 Å². The Morgan fingerprint density at radius 1 is 1.30 bits per heavy atom. The Labute approximate surface area is 117 Å². The molecule has 1 fully saturated rings. The molecular weight excluding hydrogens is 258 g/mol. The molecule has 108 valence electrons. The molecule has 1 atom stereocenters. The number of carbonyl (C=O) groups excluding carboxylic acids is 1. The number of hydrogen-bond acceptors (Lipinski definition) is 3. The summed E-state index contributed by atoms with van der Waals surface area (Å²) in [6, 6.07) is 5.77. The number of amides is 2. The highest BCUT2D eigenvalue weighted by molar-refractivity contribution is 5.96. The lowest BCUT2D eigenvalue weighted by Crippen LogP contribution is -2.37. The van der Waals surface area contributed by atoms with E-state index in [-0.39, 0.29) is 12.1 Å². The molecule has 3 N–H and O–H groups in total. The molecule has 0 aromatic heterocycles. The molecular formula is C14H19N3O3. The number of benzene rings is 1. The van der Waals surface area contributed by atoms with Gasteiger partial charge in [-0.1, -0.05) is 18.2 Å². The first-order chi connectivity index (χ1) is 9.43. The zero-order valence-corrected chi connectivity index (χ0v) is 11.6. The SMILES string of the molecule is CC(C)N1CCN(c2ccccc2C(N)C(=O)O)C1=O. The van der Waals surface area contributed by atoms with Gasteiger partial charge in [0.1, 0.15) is 6.04 Å². The Morgan fingerprint density at radius 3 is 2.50 bits per heavy atom. The molecule has 1 saturated heterocycles. The van der Waals surface area contributed by atoms with Crippen molar-refractivity contribution in [2.45, 2.75) is 25.9 Å². The van der Waals surface area contributed by atoms with Crippen LogP contribution in [0.4, 0.5) is 10.5 Å². The van der Waals surface area contributed by atoms with Gasteiger partial charge in [-0.05, 0) is 19.9 Å². The second-order valence-electron chi connectivity index (χ2n) is 5.10. The van der Waals surface area contributed by atoms with Crippen LogP contribution in [0.2, 0.25) is 0 Å². The van der Waals surface area contributed by atoms with Crippen molar-refractivity contribution in [3.8, 4) is 0 Å². The van der Waals surface area contributed by atoms with Gasteiger partial charge in [-0.2, -0.15) is 0 Å². The van der Waals surface area contributed by atoms with Crippen LogP contribution < -0.4 is 10.6 Å². The maximum atomic E-state index is 12.4. The molecule has 1 aromatic rings. The summed E-state index contributed by atoms with van der Waals surface area (Å²) in [6.07, 6.45) is 0. The molecule has 0 aliphatic carbocycles. The predicted molar refractivity (Wildman–Crippen MR) is 75.6 cm³/mol. The number of nitrogens with two attached hydrogens (primary N) is 1. The Balaban J connectivity index is 2.35. The largest absolute Gasteiger partial charge is 0.480 e. The van der Waals surface area contributed by atoms with E-state index in [0.29, 0.717) is 24.3 Å². The molecule has 0 saturated carbocycles. The first-order valence-corrected chi connectivity index (χ1v) is 6.59. The van der Waals surface area contributed by atoms with E-state index in [1.54, 1.807) is 34.1 Å². The molecule has 1 aromatic carbocycles. The molecule has 2 rings (SSSR count). The van der Waals surface area contributed by atoms with Crippen molar-refractivity contribution in [1.82, 2.24) is 4.90 Å².